The van der Waals surface area contributed by atoms with E-state index in [9.17, 15) is 10.2 Å². The third-order valence-corrected chi connectivity index (χ3v) is 4.59. The standard InChI is InChI=1S/C15H29NO3/c17-10-12-5-1-4-8-15(12)16-9-13(18)11-19-14-6-2-3-7-14/h12-18H,1-11H2. The molecule has 0 aromatic heterocycles. The van der Waals surface area contributed by atoms with E-state index in [4.69, 9.17) is 4.74 Å². The van der Waals surface area contributed by atoms with Crippen molar-refractivity contribution in [1.82, 2.24) is 5.32 Å². The topological polar surface area (TPSA) is 61.7 Å². The van der Waals surface area contributed by atoms with Gasteiger partial charge in [0, 0.05) is 19.2 Å². The fraction of sp³-hybridized carbons (Fsp3) is 1.00. The second kappa shape index (κ2) is 8.20. The summed E-state index contributed by atoms with van der Waals surface area (Å²) in [7, 11) is 0. The van der Waals surface area contributed by atoms with Crippen LogP contribution in [-0.4, -0.2) is 48.2 Å². The molecule has 0 bridgehead atoms. The van der Waals surface area contributed by atoms with Crippen LogP contribution in [0.5, 0.6) is 0 Å². The molecule has 0 aromatic rings. The van der Waals surface area contributed by atoms with Crippen molar-refractivity contribution in [3.63, 3.8) is 0 Å². The summed E-state index contributed by atoms with van der Waals surface area (Å²) >= 11 is 0. The molecule has 2 fully saturated rings. The zero-order chi connectivity index (χ0) is 13.5. The molecule has 2 rings (SSSR count). The number of hydrogen-bond donors (Lipinski definition) is 3. The van der Waals surface area contributed by atoms with Gasteiger partial charge in [-0.2, -0.15) is 0 Å². The predicted octanol–water partition coefficient (Wildman–Crippen LogP) is 1.45. The quantitative estimate of drug-likeness (QED) is 0.656. The first-order valence-corrected chi connectivity index (χ1v) is 7.93. The van der Waals surface area contributed by atoms with E-state index >= 15 is 0 Å². The van der Waals surface area contributed by atoms with Crippen molar-refractivity contribution in [2.75, 3.05) is 19.8 Å². The minimum absolute atomic E-state index is 0.256. The van der Waals surface area contributed by atoms with Crippen molar-refractivity contribution in [1.29, 1.82) is 0 Å². The molecule has 4 heteroatoms. The van der Waals surface area contributed by atoms with Crippen LogP contribution in [0.1, 0.15) is 51.4 Å². The zero-order valence-electron chi connectivity index (χ0n) is 11.9. The van der Waals surface area contributed by atoms with Crippen LogP contribution in [0, 0.1) is 5.92 Å². The largest absolute Gasteiger partial charge is 0.396 e. The van der Waals surface area contributed by atoms with Gasteiger partial charge in [-0.15, -0.1) is 0 Å². The summed E-state index contributed by atoms with van der Waals surface area (Å²) in [6.45, 7) is 1.27. The molecule has 2 saturated carbocycles. The Bertz CT molecular complexity index is 244. The second-order valence-corrected chi connectivity index (χ2v) is 6.14. The van der Waals surface area contributed by atoms with Crippen LogP contribution in [0.15, 0.2) is 0 Å². The lowest BCUT2D eigenvalue weighted by Gasteiger charge is -2.31. The molecular formula is C15H29NO3. The van der Waals surface area contributed by atoms with Gasteiger partial charge >= 0.3 is 0 Å². The molecule has 3 N–H and O–H groups in total. The van der Waals surface area contributed by atoms with Crippen molar-refractivity contribution in [2.24, 2.45) is 5.92 Å². The van der Waals surface area contributed by atoms with Gasteiger partial charge < -0.3 is 20.3 Å². The highest BCUT2D eigenvalue weighted by atomic mass is 16.5. The zero-order valence-corrected chi connectivity index (χ0v) is 11.9. The Kier molecular flexibility index (Phi) is 6.57. The fourth-order valence-electron chi connectivity index (χ4n) is 3.34. The molecule has 3 atom stereocenters. The Hall–Kier alpha value is -0.160. The first-order chi connectivity index (χ1) is 9.29. The molecule has 2 aliphatic carbocycles. The van der Waals surface area contributed by atoms with Gasteiger partial charge in [0.25, 0.3) is 0 Å². The highest BCUT2D eigenvalue weighted by Gasteiger charge is 2.24. The van der Waals surface area contributed by atoms with E-state index in [1.807, 2.05) is 0 Å². The molecule has 112 valence electrons. The highest BCUT2D eigenvalue weighted by molar-refractivity contribution is 4.81. The maximum absolute atomic E-state index is 9.95. The third kappa shape index (κ3) is 5.03. The first kappa shape index (κ1) is 15.2. The summed E-state index contributed by atoms with van der Waals surface area (Å²) in [5.41, 5.74) is 0. The van der Waals surface area contributed by atoms with Gasteiger partial charge in [0.1, 0.15) is 0 Å². The molecule has 4 nitrogen and oxygen atoms in total. The van der Waals surface area contributed by atoms with Gasteiger partial charge in [-0.1, -0.05) is 25.7 Å². The summed E-state index contributed by atoms with van der Waals surface area (Å²) < 4.78 is 5.72. The normalized spacial score (nSPS) is 30.6. The molecule has 0 heterocycles. The molecule has 0 spiro atoms. The average Bonchev–Trinajstić information content (AvgIpc) is 2.96. The molecule has 3 unspecified atom stereocenters. The Morgan fingerprint density at radius 2 is 1.74 bits per heavy atom. The van der Waals surface area contributed by atoms with Crippen molar-refractivity contribution in [2.45, 2.75) is 69.6 Å². The smallest absolute Gasteiger partial charge is 0.0897 e. The molecule has 19 heavy (non-hydrogen) atoms. The summed E-state index contributed by atoms with van der Waals surface area (Å²) in [4.78, 5) is 0. The van der Waals surface area contributed by atoms with Gasteiger partial charge in [-0.25, -0.2) is 0 Å². The van der Waals surface area contributed by atoms with E-state index in [-0.39, 0.29) is 6.61 Å². The fourth-order valence-corrected chi connectivity index (χ4v) is 3.34. The van der Waals surface area contributed by atoms with Crippen LogP contribution in [0.25, 0.3) is 0 Å². The van der Waals surface area contributed by atoms with Crippen molar-refractivity contribution in [3.8, 4) is 0 Å². The summed E-state index contributed by atoms with van der Waals surface area (Å²) in [5, 5.41) is 22.7. The van der Waals surface area contributed by atoms with Gasteiger partial charge in [-0.3, -0.25) is 0 Å². The van der Waals surface area contributed by atoms with Crippen LogP contribution in [-0.2, 0) is 4.74 Å². The molecule has 0 amide bonds. The van der Waals surface area contributed by atoms with Gasteiger partial charge in [0.05, 0.1) is 18.8 Å². The first-order valence-electron chi connectivity index (χ1n) is 7.93. The summed E-state index contributed by atoms with van der Waals surface area (Å²) in [5.74, 6) is 0.358. The number of aliphatic hydroxyl groups excluding tert-OH is 2. The van der Waals surface area contributed by atoms with Crippen molar-refractivity contribution in [3.05, 3.63) is 0 Å². The second-order valence-electron chi connectivity index (χ2n) is 6.14. The van der Waals surface area contributed by atoms with Crippen molar-refractivity contribution < 1.29 is 14.9 Å². The lowest BCUT2D eigenvalue weighted by Crippen LogP contribution is -2.44. The minimum atomic E-state index is -0.429. The Morgan fingerprint density at radius 3 is 2.47 bits per heavy atom. The maximum Gasteiger partial charge on any atom is 0.0897 e. The van der Waals surface area contributed by atoms with E-state index in [0.717, 1.165) is 25.7 Å². The molecule has 0 aliphatic heterocycles. The van der Waals surface area contributed by atoms with E-state index in [1.165, 1.54) is 25.7 Å². The summed E-state index contributed by atoms with van der Waals surface area (Å²) in [6, 6.07) is 0.361. The van der Waals surface area contributed by atoms with E-state index in [1.54, 1.807) is 0 Å². The van der Waals surface area contributed by atoms with Crippen molar-refractivity contribution >= 4 is 0 Å². The van der Waals surface area contributed by atoms with Crippen LogP contribution < -0.4 is 5.32 Å². The van der Waals surface area contributed by atoms with Crippen LogP contribution in [0.3, 0.4) is 0 Å². The number of aliphatic hydroxyl groups is 2. The Labute approximate surface area is 116 Å². The number of hydrogen-bond acceptors (Lipinski definition) is 4. The number of ether oxygens (including phenoxy) is 1. The Balaban J connectivity index is 1.60. The van der Waals surface area contributed by atoms with Crippen LogP contribution in [0.4, 0.5) is 0 Å². The molecular weight excluding hydrogens is 242 g/mol. The highest BCUT2D eigenvalue weighted by Crippen LogP contribution is 2.24. The van der Waals surface area contributed by atoms with Crippen LogP contribution in [0.2, 0.25) is 0 Å². The monoisotopic (exact) mass is 271 g/mol. The Morgan fingerprint density at radius 1 is 1.05 bits per heavy atom. The predicted molar refractivity (Wildman–Crippen MR) is 75.0 cm³/mol. The third-order valence-electron chi connectivity index (χ3n) is 4.59. The molecule has 0 saturated heterocycles. The van der Waals surface area contributed by atoms with Gasteiger partial charge in [0.2, 0.25) is 0 Å². The number of rotatable bonds is 7. The molecule has 2 aliphatic rings. The van der Waals surface area contributed by atoms with Gasteiger partial charge in [0.15, 0.2) is 0 Å². The lowest BCUT2D eigenvalue weighted by atomic mass is 9.85. The summed E-state index contributed by atoms with van der Waals surface area (Å²) in [6.07, 6.45) is 9.42. The van der Waals surface area contributed by atoms with Gasteiger partial charge in [-0.05, 0) is 31.6 Å². The van der Waals surface area contributed by atoms with Crippen LogP contribution >= 0.6 is 0 Å². The van der Waals surface area contributed by atoms with E-state index in [2.05, 4.69) is 5.32 Å². The van der Waals surface area contributed by atoms with E-state index in [0.29, 0.717) is 31.2 Å². The maximum atomic E-state index is 9.95. The lowest BCUT2D eigenvalue weighted by molar-refractivity contribution is -0.00783. The van der Waals surface area contributed by atoms with E-state index < -0.39 is 6.10 Å². The molecule has 0 radical (unpaired) electrons. The minimum Gasteiger partial charge on any atom is -0.396 e. The SMILES string of the molecule is OCC1CCCCC1NCC(O)COC1CCCC1. The molecule has 0 aromatic carbocycles. The number of nitrogens with one attached hydrogen (secondary N) is 1. The average molecular weight is 271 g/mol.